The molecule has 0 fully saturated rings. The SMILES string of the molecule is CCC(N)c1ccccc1S(C)(=O)=O. The number of rotatable bonds is 3. The summed E-state index contributed by atoms with van der Waals surface area (Å²) in [5, 5.41) is 0. The molecule has 1 atom stereocenters. The third kappa shape index (κ3) is 2.33. The van der Waals surface area contributed by atoms with Gasteiger partial charge in [-0.15, -0.1) is 0 Å². The lowest BCUT2D eigenvalue weighted by Gasteiger charge is -2.13. The molecule has 4 heteroatoms. The zero-order valence-corrected chi connectivity index (χ0v) is 9.21. The van der Waals surface area contributed by atoms with E-state index in [1.807, 2.05) is 6.92 Å². The Labute approximate surface area is 84.9 Å². The Hall–Kier alpha value is -0.870. The molecule has 14 heavy (non-hydrogen) atoms. The zero-order chi connectivity index (χ0) is 10.8. The van der Waals surface area contributed by atoms with E-state index in [0.29, 0.717) is 10.5 Å². The molecule has 0 saturated heterocycles. The lowest BCUT2D eigenvalue weighted by atomic mass is 10.1. The topological polar surface area (TPSA) is 60.2 Å². The Morgan fingerprint density at radius 1 is 1.36 bits per heavy atom. The van der Waals surface area contributed by atoms with Crippen LogP contribution in [0.3, 0.4) is 0 Å². The van der Waals surface area contributed by atoms with E-state index >= 15 is 0 Å². The van der Waals surface area contributed by atoms with Gasteiger partial charge >= 0.3 is 0 Å². The van der Waals surface area contributed by atoms with E-state index in [0.717, 1.165) is 6.42 Å². The van der Waals surface area contributed by atoms with Crippen molar-refractivity contribution < 1.29 is 8.42 Å². The van der Waals surface area contributed by atoms with Crippen molar-refractivity contribution in [3.05, 3.63) is 29.8 Å². The van der Waals surface area contributed by atoms with Crippen molar-refractivity contribution in [2.24, 2.45) is 5.73 Å². The highest BCUT2D eigenvalue weighted by atomic mass is 32.2. The molecule has 0 aliphatic rings. The predicted octanol–water partition coefficient (Wildman–Crippen LogP) is 1.50. The highest BCUT2D eigenvalue weighted by Crippen LogP contribution is 2.22. The summed E-state index contributed by atoms with van der Waals surface area (Å²) in [6.45, 7) is 1.93. The summed E-state index contributed by atoms with van der Waals surface area (Å²) in [6, 6.07) is 6.67. The number of hydrogen-bond acceptors (Lipinski definition) is 3. The average molecular weight is 213 g/mol. The fraction of sp³-hybridized carbons (Fsp3) is 0.400. The standard InChI is InChI=1S/C10H15NO2S/c1-3-9(11)8-6-4-5-7-10(8)14(2,12)13/h4-7,9H,3,11H2,1-2H3. The first-order valence-corrected chi connectivity index (χ1v) is 6.40. The van der Waals surface area contributed by atoms with Gasteiger partial charge in [-0.1, -0.05) is 25.1 Å². The minimum atomic E-state index is -3.17. The molecular weight excluding hydrogens is 198 g/mol. The third-order valence-corrected chi connectivity index (χ3v) is 3.33. The van der Waals surface area contributed by atoms with Crippen LogP contribution in [0.1, 0.15) is 24.9 Å². The molecule has 2 N–H and O–H groups in total. The van der Waals surface area contributed by atoms with Crippen molar-refractivity contribution in [3.63, 3.8) is 0 Å². The summed E-state index contributed by atoms with van der Waals surface area (Å²) >= 11 is 0. The molecule has 0 heterocycles. The van der Waals surface area contributed by atoms with Gasteiger partial charge in [0.1, 0.15) is 0 Å². The summed E-state index contributed by atoms with van der Waals surface area (Å²) < 4.78 is 22.8. The molecule has 0 saturated carbocycles. The molecule has 1 aromatic rings. The second-order valence-corrected chi connectivity index (χ2v) is 5.31. The van der Waals surface area contributed by atoms with Crippen LogP contribution in [0.5, 0.6) is 0 Å². The Morgan fingerprint density at radius 3 is 2.43 bits per heavy atom. The third-order valence-electron chi connectivity index (χ3n) is 2.16. The number of nitrogens with two attached hydrogens (primary N) is 1. The first-order chi connectivity index (χ1) is 6.46. The summed E-state index contributed by atoms with van der Waals surface area (Å²) in [5.41, 5.74) is 6.53. The molecule has 0 aliphatic carbocycles. The van der Waals surface area contributed by atoms with Gasteiger partial charge in [-0.05, 0) is 18.1 Å². The molecule has 1 unspecified atom stereocenters. The summed E-state index contributed by atoms with van der Waals surface area (Å²) in [6.07, 6.45) is 1.93. The molecule has 3 nitrogen and oxygen atoms in total. The molecule has 0 bridgehead atoms. The van der Waals surface area contributed by atoms with Gasteiger partial charge in [-0.25, -0.2) is 8.42 Å². The van der Waals surface area contributed by atoms with Crippen LogP contribution in [0.25, 0.3) is 0 Å². The highest BCUT2D eigenvalue weighted by molar-refractivity contribution is 7.90. The maximum absolute atomic E-state index is 11.4. The molecule has 78 valence electrons. The number of hydrogen-bond donors (Lipinski definition) is 1. The van der Waals surface area contributed by atoms with Gasteiger partial charge in [-0.2, -0.15) is 0 Å². The maximum Gasteiger partial charge on any atom is 0.175 e. The van der Waals surface area contributed by atoms with Gasteiger partial charge in [0, 0.05) is 12.3 Å². The molecule has 0 spiro atoms. The van der Waals surface area contributed by atoms with Crippen molar-refractivity contribution in [2.45, 2.75) is 24.3 Å². The van der Waals surface area contributed by atoms with Crippen molar-refractivity contribution in [2.75, 3.05) is 6.26 Å². The van der Waals surface area contributed by atoms with Crippen LogP contribution < -0.4 is 5.73 Å². The number of benzene rings is 1. The fourth-order valence-electron chi connectivity index (χ4n) is 1.34. The highest BCUT2D eigenvalue weighted by Gasteiger charge is 2.15. The van der Waals surface area contributed by atoms with E-state index in [-0.39, 0.29) is 6.04 Å². The molecule has 0 aliphatic heterocycles. The Kier molecular flexibility index (Phi) is 3.29. The lowest BCUT2D eigenvalue weighted by molar-refractivity contribution is 0.596. The van der Waals surface area contributed by atoms with E-state index in [1.165, 1.54) is 6.26 Å². The van der Waals surface area contributed by atoms with Crippen LogP contribution in [0.4, 0.5) is 0 Å². The average Bonchev–Trinajstić information content (AvgIpc) is 2.15. The lowest BCUT2D eigenvalue weighted by Crippen LogP contribution is -2.13. The molecular formula is C10H15NO2S. The minimum absolute atomic E-state index is 0.207. The van der Waals surface area contributed by atoms with Crippen LogP contribution in [0.15, 0.2) is 29.2 Å². The number of sulfone groups is 1. The summed E-state index contributed by atoms with van der Waals surface area (Å²) in [5.74, 6) is 0. The van der Waals surface area contributed by atoms with E-state index in [9.17, 15) is 8.42 Å². The van der Waals surface area contributed by atoms with Crippen LogP contribution in [0.2, 0.25) is 0 Å². The molecule has 1 rings (SSSR count). The minimum Gasteiger partial charge on any atom is -0.324 e. The van der Waals surface area contributed by atoms with E-state index < -0.39 is 9.84 Å². The van der Waals surface area contributed by atoms with Crippen molar-refractivity contribution in [1.82, 2.24) is 0 Å². The first kappa shape index (κ1) is 11.2. The smallest absolute Gasteiger partial charge is 0.175 e. The van der Waals surface area contributed by atoms with Gasteiger partial charge in [0.15, 0.2) is 9.84 Å². The second kappa shape index (κ2) is 4.11. The Morgan fingerprint density at radius 2 is 1.93 bits per heavy atom. The van der Waals surface area contributed by atoms with Gasteiger partial charge < -0.3 is 5.73 Å². The summed E-state index contributed by atoms with van der Waals surface area (Å²) in [7, 11) is -3.17. The van der Waals surface area contributed by atoms with Crippen LogP contribution in [-0.2, 0) is 9.84 Å². The first-order valence-electron chi connectivity index (χ1n) is 4.51. The predicted molar refractivity (Wildman–Crippen MR) is 56.8 cm³/mol. The fourth-order valence-corrected chi connectivity index (χ4v) is 2.32. The Balaban J connectivity index is 3.30. The normalized spacial score (nSPS) is 13.9. The second-order valence-electron chi connectivity index (χ2n) is 3.32. The van der Waals surface area contributed by atoms with Gasteiger partial charge in [0.25, 0.3) is 0 Å². The van der Waals surface area contributed by atoms with E-state index in [4.69, 9.17) is 5.73 Å². The van der Waals surface area contributed by atoms with Crippen LogP contribution in [-0.4, -0.2) is 14.7 Å². The maximum atomic E-state index is 11.4. The molecule has 0 radical (unpaired) electrons. The van der Waals surface area contributed by atoms with E-state index in [2.05, 4.69) is 0 Å². The molecule has 0 aromatic heterocycles. The quantitative estimate of drug-likeness (QED) is 0.827. The summed E-state index contributed by atoms with van der Waals surface area (Å²) in [4.78, 5) is 0.342. The van der Waals surface area contributed by atoms with Gasteiger partial charge in [0.05, 0.1) is 4.90 Å². The van der Waals surface area contributed by atoms with E-state index in [1.54, 1.807) is 24.3 Å². The zero-order valence-electron chi connectivity index (χ0n) is 8.40. The van der Waals surface area contributed by atoms with Gasteiger partial charge in [0.2, 0.25) is 0 Å². The van der Waals surface area contributed by atoms with Crippen molar-refractivity contribution in [3.8, 4) is 0 Å². The monoisotopic (exact) mass is 213 g/mol. The largest absolute Gasteiger partial charge is 0.324 e. The molecule has 1 aromatic carbocycles. The van der Waals surface area contributed by atoms with Crippen molar-refractivity contribution >= 4 is 9.84 Å². The van der Waals surface area contributed by atoms with Crippen LogP contribution >= 0.6 is 0 Å². The molecule has 0 amide bonds. The Bertz CT molecular complexity index is 412. The van der Waals surface area contributed by atoms with Crippen LogP contribution in [0, 0.1) is 0 Å². The van der Waals surface area contributed by atoms with Gasteiger partial charge in [-0.3, -0.25) is 0 Å². The van der Waals surface area contributed by atoms with Crippen molar-refractivity contribution in [1.29, 1.82) is 0 Å².